The number of piperidine rings is 1. The molecule has 0 radical (unpaired) electrons. The summed E-state index contributed by atoms with van der Waals surface area (Å²) in [6.07, 6.45) is 11.2. The van der Waals surface area contributed by atoms with Gasteiger partial charge in [0.2, 0.25) is 0 Å². The van der Waals surface area contributed by atoms with Gasteiger partial charge in [0.1, 0.15) is 0 Å². The standard InChI is InChI=1S/C15H16FN5/c16-14-7-11(9-20-6-5-18-15(14)20)12-8-19-21(10-12)13-1-3-17-4-2-13/h5-10,13,17H,1-4H2. The fourth-order valence-electron chi connectivity index (χ4n) is 2.91. The Morgan fingerprint density at radius 1 is 1.19 bits per heavy atom. The molecule has 5 nitrogen and oxygen atoms in total. The topological polar surface area (TPSA) is 47.2 Å². The molecule has 21 heavy (non-hydrogen) atoms. The van der Waals surface area contributed by atoms with Gasteiger partial charge in [-0.1, -0.05) is 0 Å². The van der Waals surface area contributed by atoms with Gasteiger partial charge in [-0.05, 0) is 32.0 Å². The highest BCUT2D eigenvalue weighted by Crippen LogP contribution is 2.24. The lowest BCUT2D eigenvalue weighted by Crippen LogP contribution is -2.29. The molecule has 0 aliphatic carbocycles. The molecule has 1 saturated heterocycles. The van der Waals surface area contributed by atoms with Gasteiger partial charge in [0, 0.05) is 35.9 Å². The van der Waals surface area contributed by atoms with E-state index >= 15 is 0 Å². The first-order valence-electron chi connectivity index (χ1n) is 7.19. The van der Waals surface area contributed by atoms with Gasteiger partial charge in [-0.2, -0.15) is 5.10 Å². The van der Waals surface area contributed by atoms with Crippen LogP contribution in [-0.2, 0) is 0 Å². The first-order valence-corrected chi connectivity index (χ1v) is 7.19. The summed E-state index contributed by atoms with van der Waals surface area (Å²) in [6, 6.07) is 1.95. The molecule has 1 fully saturated rings. The van der Waals surface area contributed by atoms with Crippen LogP contribution in [0.5, 0.6) is 0 Å². The van der Waals surface area contributed by atoms with Crippen LogP contribution in [0.25, 0.3) is 16.8 Å². The molecule has 3 aromatic rings. The van der Waals surface area contributed by atoms with Crippen LogP contribution in [0.3, 0.4) is 0 Å². The van der Waals surface area contributed by atoms with E-state index in [0.29, 0.717) is 11.7 Å². The fraction of sp³-hybridized carbons (Fsp3) is 0.333. The number of hydrogen-bond acceptors (Lipinski definition) is 3. The molecule has 1 aliphatic rings. The largest absolute Gasteiger partial charge is 0.317 e. The molecule has 4 heterocycles. The molecular formula is C15H16FN5. The summed E-state index contributed by atoms with van der Waals surface area (Å²) in [7, 11) is 0. The second-order valence-corrected chi connectivity index (χ2v) is 5.43. The quantitative estimate of drug-likeness (QED) is 0.785. The van der Waals surface area contributed by atoms with E-state index in [-0.39, 0.29) is 5.82 Å². The van der Waals surface area contributed by atoms with Crippen LogP contribution in [0, 0.1) is 5.82 Å². The van der Waals surface area contributed by atoms with Gasteiger partial charge in [-0.25, -0.2) is 9.37 Å². The summed E-state index contributed by atoms with van der Waals surface area (Å²) in [6.45, 7) is 2.05. The highest BCUT2D eigenvalue weighted by Gasteiger charge is 2.16. The van der Waals surface area contributed by atoms with Crippen LogP contribution < -0.4 is 5.32 Å². The number of nitrogens with one attached hydrogen (secondary N) is 1. The SMILES string of the molecule is Fc1cc(-c2cnn(C3CCNCC3)c2)cn2ccnc12. The predicted molar refractivity (Wildman–Crippen MR) is 77.5 cm³/mol. The molecule has 0 bridgehead atoms. The van der Waals surface area contributed by atoms with Crippen LogP contribution in [0.15, 0.2) is 37.1 Å². The molecule has 3 aromatic heterocycles. The van der Waals surface area contributed by atoms with Crippen LogP contribution >= 0.6 is 0 Å². The predicted octanol–water partition coefficient (Wildman–Crippen LogP) is 2.26. The fourth-order valence-corrected chi connectivity index (χ4v) is 2.91. The monoisotopic (exact) mass is 285 g/mol. The Bertz CT molecular complexity index is 769. The van der Waals surface area contributed by atoms with Crippen LogP contribution in [0.1, 0.15) is 18.9 Å². The Morgan fingerprint density at radius 2 is 2.05 bits per heavy atom. The third-order valence-corrected chi connectivity index (χ3v) is 4.06. The zero-order chi connectivity index (χ0) is 14.2. The first-order chi connectivity index (χ1) is 10.3. The Hall–Kier alpha value is -2.21. The summed E-state index contributed by atoms with van der Waals surface area (Å²) >= 11 is 0. The number of nitrogens with zero attached hydrogens (tertiary/aromatic N) is 4. The second kappa shape index (κ2) is 4.96. The molecular weight excluding hydrogens is 269 g/mol. The van der Waals surface area contributed by atoms with Crippen molar-refractivity contribution in [2.45, 2.75) is 18.9 Å². The number of aromatic nitrogens is 4. The Morgan fingerprint density at radius 3 is 2.90 bits per heavy atom. The molecule has 0 aromatic carbocycles. The molecule has 0 saturated carbocycles. The lowest BCUT2D eigenvalue weighted by atomic mass is 10.1. The van der Waals surface area contributed by atoms with E-state index in [9.17, 15) is 4.39 Å². The summed E-state index contributed by atoms with van der Waals surface area (Å²) in [5.74, 6) is -0.313. The number of pyridine rings is 1. The van der Waals surface area contributed by atoms with Crippen molar-refractivity contribution in [1.29, 1.82) is 0 Å². The summed E-state index contributed by atoms with van der Waals surface area (Å²) in [5.41, 5.74) is 2.10. The lowest BCUT2D eigenvalue weighted by Gasteiger charge is -2.22. The van der Waals surface area contributed by atoms with Gasteiger partial charge in [0.15, 0.2) is 11.5 Å². The first kappa shape index (κ1) is 12.5. The van der Waals surface area contributed by atoms with Crippen molar-refractivity contribution in [3.05, 3.63) is 42.9 Å². The Labute approximate surface area is 121 Å². The normalized spacial score (nSPS) is 16.6. The van der Waals surface area contributed by atoms with E-state index < -0.39 is 0 Å². The van der Waals surface area contributed by atoms with E-state index in [2.05, 4.69) is 15.4 Å². The third-order valence-electron chi connectivity index (χ3n) is 4.06. The van der Waals surface area contributed by atoms with E-state index in [0.717, 1.165) is 37.1 Å². The van der Waals surface area contributed by atoms with Crippen molar-refractivity contribution >= 4 is 5.65 Å². The molecule has 108 valence electrons. The maximum absolute atomic E-state index is 14.0. The lowest BCUT2D eigenvalue weighted by molar-refractivity contribution is 0.343. The zero-order valence-electron chi connectivity index (χ0n) is 11.5. The van der Waals surface area contributed by atoms with Gasteiger partial charge in [0.25, 0.3) is 0 Å². The van der Waals surface area contributed by atoms with Crippen LogP contribution in [-0.4, -0.2) is 32.3 Å². The maximum atomic E-state index is 14.0. The van der Waals surface area contributed by atoms with Crippen molar-refractivity contribution in [3.63, 3.8) is 0 Å². The molecule has 6 heteroatoms. The highest BCUT2D eigenvalue weighted by atomic mass is 19.1. The van der Waals surface area contributed by atoms with Crippen molar-refractivity contribution in [2.24, 2.45) is 0 Å². The van der Waals surface area contributed by atoms with Gasteiger partial charge in [0.05, 0.1) is 12.2 Å². The van der Waals surface area contributed by atoms with Gasteiger partial charge in [-0.3, -0.25) is 4.68 Å². The van der Waals surface area contributed by atoms with Crippen molar-refractivity contribution in [3.8, 4) is 11.1 Å². The Kier molecular flexibility index (Phi) is 2.96. The summed E-state index contributed by atoms with van der Waals surface area (Å²) < 4.78 is 17.7. The van der Waals surface area contributed by atoms with Gasteiger partial charge >= 0.3 is 0 Å². The van der Waals surface area contributed by atoms with E-state index in [1.165, 1.54) is 6.07 Å². The average Bonchev–Trinajstić information content (AvgIpc) is 3.17. The minimum atomic E-state index is -0.313. The summed E-state index contributed by atoms with van der Waals surface area (Å²) in [4.78, 5) is 3.99. The van der Waals surface area contributed by atoms with Crippen LogP contribution in [0.4, 0.5) is 4.39 Å². The van der Waals surface area contributed by atoms with Gasteiger partial charge < -0.3 is 9.72 Å². The number of rotatable bonds is 2. The molecule has 0 amide bonds. The molecule has 1 N–H and O–H groups in total. The van der Waals surface area contributed by atoms with Crippen molar-refractivity contribution < 1.29 is 4.39 Å². The van der Waals surface area contributed by atoms with E-state index in [1.807, 2.05) is 17.1 Å². The number of halogens is 1. The molecule has 0 atom stereocenters. The Balaban J connectivity index is 1.70. The molecule has 4 rings (SSSR count). The smallest absolute Gasteiger partial charge is 0.173 e. The van der Waals surface area contributed by atoms with E-state index in [1.54, 1.807) is 23.0 Å². The zero-order valence-corrected chi connectivity index (χ0v) is 11.5. The van der Waals surface area contributed by atoms with E-state index in [4.69, 9.17) is 0 Å². The number of hydrogen-bond donors (Lipinski definition) is 1. The van der Waals surface area contributed by atoms with Crippen LogP contribution in [0.2, 0.25) is 0 Å². The minimum absolute atomic E-state index is 0.313. The minimum Gasteiger partial charge on any atom is -0.317 e. The number of imidazole rings is 1. The highest BCUT2D eigenvalue weighted by molar-refractivity contribution is 5.63. The number of fused-ring (bicyclic) bond motifs is 1. The third kappa shape index (κ3) is 2.21. The van der Waals surface area contributed by atoms with Crippen molar-refractivity contribution in [2.75, 3.05) is 13.1 Å². The average molecular weight is 285 g/mol. The molecule has 0 spiro atoms. The second-order valence-electron chi connectivity index (χ2n) is 5.43. The molecule has 1 aliphatic heterocycles. The van der Waals surface area contributed by atoms with Gasteiger partial charge in [-0.15, -0.1) is 0 Å². The maximum Gasteiger partial charge on any atom is 0.173 e. The molecule has 0 unspecified atom stereocenters. The summed E-state index contributed by atoms with van der Waals surface area (Å²) in [5, 5.41) is 7.80. The van der Waals surface area contributed by atoms with Crippen molar-refractivity contribution in [1.82, 2.24) is 24.5 Å².